The lowest BCUT2D eigenvalue weighted by Gasteiger charge is -2.36. The van der Waals surface area contributed by atoms with Crippen molar-refractivity contribution in [2.24, 2.45) is 0 Å². The van der Waals surface area contributed by atoms with Crippen molar-refractivity contribution in [3.8, 4) is 33.8 Å². The Kier molecular flexibility index (Phi) is 7.42. The summed E-state index contributed by atoms with van der Waals surface area (Å²) in [6.45, 7) is 19.0. The van der Waals surface area contributed by atoms with E-state index in [1.165, 1.54) is 87.3 Å². The molecule has 8 aromatic carbocycles. The van der Waals surface area contributed by atoms with Crippen LogP contribution in [-0.2, 0) is 21.7 Å². The van der Waals surface area contributed by atoms with E-state index < -0.39 is 0 Å². The summed E-state index contributed by atoms with van der Waals surface area (Å²) in [7, 11) is 0. The number of anilines is 3. The summed E-state index contributed by atoms with van der Waals surface area (Å²) in [5.74, 6) is 1.95. The lowest BCUT2D eigenvalue weighted by atomic mass is 9.74. The van der Waals surface area contributed by atoms with Gasteiger partial charge in [-0.15, -0.1) is 0 Å². The summed E-state index contributed by atoms with van der Waals surface area (Å²) in [5, 5.41) is 2.47. The van der Waals surface area contributed by atoms with Gasteiger partial charge in [0.1, 0.15) is 11.5 Å². The van der Waals surface area contributed by atoms with Crippen molar-refractivity contribution in [1.82, 2.24) is 0 Å². The summed E-state index contributed by atoms with van der Waals surface area (Å²) >= 11 is 1.95. The second-order valence-corrected chi connectivity index (χ2v) is 20.8. The standard InChI is InChI=1S/C58H49NOS/c1-55(2)41-17-11-13-19-49(41)60-53-45(55)29-27-43-51(53)39-25-23-37(32-47(39)57(43,5)6)59(36-22-21-34-15-9-10-16-35(34)31-36)38-24-26-40-48(33-38)58(7,8)44-28-30-46-54(52(40)44)61-50-20-14-12-18-42(50)56(46,3)4/h9-33H,1-8H3. The lowest BCUT2D eigenvalue weighted by Crippen LogP contribution is -2.25. The highest BCUT2D eigenvalue weighted by Crippen LogP contribution is 2.61. The average molecular weight is 808 g/mol. The maximum atomic E-state index is 6.90. The van der Waals surface area contributed by atoms with Crippen molar-refractivity contribution in [1.29, 1.82) is 0 Å². The third-order valence-electron chi connectivity index (χ3n) is 15.0. The van der Waals surface area contributed by atoms with Crippen LogP contribution in [0.15, 0.2) is 161 Å². The van der Waals surface area contributed by atoms with Crippen molar-refractivity contribution in [2.75, 3.05) is 4.90 Å². The molecule has 0 saturated heterocycles. The topological polar surface area (TPSA) is 12.5 Å². The van der Waals surface area contributed by atoms with Crippen LogP contribution in [0, 0.1) is 0 Å². The first-order valence-electron chi connectivity index (χ1n) is 21.8. The van der Waals surface area contributed by atoms with Crippen LogP contribution in [0.3, 0.4) is 0 Å². The lowest BCUT2D eigenvalue weighted by molar-refractivity contribution is 0.419. The Morgan fingerprint density at radius 2 is 0.902 bits per heavy atom. The van der Waals surface area contributed by atoms with E-state index >= 15 is 0 Å². The maximum absolute atomic E-state index is 6.90. The van der Waals surface area contributed by atoms with Crippen molar-refractivity contribution in [3.05, 3.63) is 196 Å². The van der Waals surface area contributed by atoms with Crippen molar-refractivity contribution < 1.29 is 4.74 Å². The zero-order valence-electron chi connectivity index (χ0n) is 36.2. The minimum absolute atomic E-state index is 0.0843. The van der Waals surface area contributed by atoms with Crippen molar-refractivity contribution >= 4 is 39.6 Å². The number of fused-ring (bicyclic) bond motifs is 13. The van der Waals surface area contributed by atoms with Crippen molar-refractivity contribution in [3.63, 3.8) is 0 Å². The summed E-state index contributed by atoms with van der Waals surface area (Å²) in [4.78, 5) is 5.26. The number of rotatable bonds is 3. The van der Waals surface area contributed by atoms with Gasteiger partial charge >= 0.3 is 0 Å². The van der Waals surface area contributed by atoms with Crippen LogP contribution in [0.1, 0.15) is 99.9 Å². The molecule has 0 spiro atoms. The molecule has 12 rings (SSSR count). The normalized spacial score (nSPS) is 17.1. The van der Waals surface area contributed by atoms with Gasteiger partial charge in [0.25, 0.3) is 0 Å². The molecule has 0 amide bonds. The Labute approximate surface area is 364 Å². The summed E-state index contributed by atoms with van der Waals surface area (Å²) in [6, 6.07) is 57.1. The zero-order chi connectivity index (χ0) is 41.8. The molecule has 0 bridgehead atoms. The molecule has 0 radical (unpaired) electrons. The Hall–Kier alpha value is -6.03. The quantitative estimate of drug-likeness (QED) is 0.176. The van der Waals surface area contributed by atoms with Gasteiger partial charge in [-0.05, 0) is 104 Å². The minimum Gasteiger partial charge on any atom is -0.456 e. The van der Waals surface area contributed by atoms with Crippen LogP contribution in [0.5, 0.6) is 11.5 Å². The second kappa shape index (κ2) is 12.3. The van der Waals surface area contributed by atoms with Gasteiger partial charge in [0.15, 0.2) is 0 Å². The number of para-hydroxylation sites is 1. The van der Waals surface area contributed by atoms with Gasteiger partial charge in [0, 0.05) is 70.8 Å². The van der Waals surface area contributed by atoms with E-state index in [4.69, 9.17) is 4.74 Å². The molecule has 0 aromatic heterocycles. The number of hydrogen-bond acceptors (Lipinski definition) is 3. The predicted octanol–water partition coefficient (Wildman–Crippen LogP) is 16.1. The highest BCUT2D eigenvalue weighted by molar-refractivity contribution is 7.99. The molecule has 0 saturated carbocycles. The summed E-state index contributed by atoms with van der Waals surface area (Å²) < 4.78 is 6.90. The smallest absolute Gasteiger partial charge is 0.139 e. The average Bonchev–Trinajstić information content (AvgIpc) is 3.63. The molecule has 0 atom stereocenters. The molecule has 2 heterocycles. The number of nitrogens with zero attached hydrogens (tertiary/aromatic N) is 1. The molecule has 4 aliphatic rings. The van der Waals surface area contributed by atoms with E-state index in [-0.39, 0.29) is 21.7 Å². The van der Waals surface area contributed by atoms with Gasteiger partial charge in [-0.2, -0.15) is 0 Å². The molecule has 8 aromatic rings. The van der Waals surface area contributed by atoms with Gasteiger partial charge < -0.3 is 9.64 Å². The third kappa shape index (κ3) is 4.93. The largest absolute Gasteiger partial charge is 0.456 e. The Bertz CT molecular complexity index is 3040. The molecule has 2 aliphatic carbocycles. The Morgan fingerprint density at radius 3 is 1.62 bits per heavy atom. The van der Waals surface area contributed by atoms with E-state index in [2.05, 4.69) is 212 Å². The molecule has 0 fully saturated rings. The van der Waals surface area contributed by atoms with Gasteiger partial charge in [-0.3, -0.25) is 0 Å². The van der Waals surface area contributed by atoms with E-state index in [0.717, 1.165) is 28.6 Å². The van der Waals surface area contributed by atoms with E-state index in [9.17, 15) is 0 Å². The molecule has 3 heteroatoms. The Balaban J connectivity index is 1.03. The molecule has 0 unspecified atom stereocenters. The predicted molar refractivity (Wildman–Crippen MR) is 255 cm³/mol. The van der Waals surface area contributed by atoms with Gasteiger partial charge in [-0.1, -0.05) is 170 Å². The number of ether oxygens (including phenoxy) is 1. The number of benzene rings is 8. The van der Waals surface area contributed by atoms with Crippen LogP contribution in [0.25, 0.3) is 33.0 Å². The monoisotopic (exact) mass is 807 g/mol. The first kappa shape index (κ1) is 36.8. The molecule has 0 N–H and O–H groups in total. The van der Waals surface area contributed by atoms with Gasteiger partial charge in [-0.25, -0.2) is 0 Å². The van der Waals surface area contributed by atoms with Crippen molar-refractivity contribution in [2.45, 2.75) is 86.8 Å². The van der Waals surface area contributed by atoms with Crippen LogP contribution in [-0.4, -0.2) is 0 Å². The molecular weight excluding hydrogens is 759 g/mol. The zero-order valence-corrected chi connectivity index (χ0v) is 37.0. The molecule has 61 heavy (non-hydrogen) atoms. The fraction of sp³-hybridized carbons (Fsp3) is 0.207. The highest BCUT2D eigenvalue weighted by Gasteiger charge is 2.45. The minimum atomic E-state index is -0.236. The van der Waals surface area contributed by atoms with Gasteiger partial charge in [0.2, 0.25) is 0 Å². The van der Waals surface area contributed by atoms with E-state index in [1.807, 2.05) is 11.8 Å². The van der Waals surface area contributed by atoms with Crippen LogP contribution in [0.2, 0.25) is 0 Å². The van der Waals surface area contributed by atoms with Gasteiger partial charge in [0.05, 0.1) is 0 Å². The van der Waals surface area contributed by atoms with Crippen LogP contribution >= 0.6 is 11.8 Å². The first-order valence-corrected chi connectivity index (χ1v) is 22.6. The van der Waals surface area contributed by atoms with Crippen LogP contribution in [0.4, 0.5) is 17.1 Å². The molecule has 2 aliphatic heterocycles. The second-order valence-electron chi connectivity index (χ2n) is 19.8. The molecular formula is C58H49NOS. The fourth-order valence-electron chi connectivity index (χ4n) is 11.5. The van der Waals surface area contributed by atoms with Crippen LogP contribution < -0.4 is 9.64 Å². The van der Waals surface area contributed by atoms with E-state index in [0.29, 0.717) is 0 Å². The SMILES string of the molecule is CC1(C)c2ccccc2Oc2c1ccc1c2-c2ccc(N(c3ccc4c(c3)C(C)(C)c3ccc5c(c3-4)Sc3ccccc3C5(C)C)c3ccc4ccccc4c3)cc2C1(C)C. The first-order chi connectivity index (χ1) is 29.3. The fourth-order valence-corrected chi connectivity index (χ4v) is 13.0. The molecule has 298 valence electrons. The Morgan fingerprint density at radius 1 is 0.393 bits per heavy atom. The van der Waals surface area contributed by atoms with E-state index in [1.54, 1.807) is 0 Å². The highest BCUT2D eigenvalue weighted by atomic mass is 32.2. The summed E-state index contributed by atoms with van der Waals surface area (Å²) in [6.07, 6.45) is 0. The summed E-state index contributed by atoms with van der Waals surface area (Å²) in [5.41, 5.74) is 18.7. The molecule has 2 nitrogen and oxygen atoms in total. The third-order valence-corrected chi connectivity index (χ3v) is 16.2. The number of hydrogen-bond donors (Lipinski definition) is 0. The maximum Gasteiger partial charge on any atom is 0.139 e.